The molecule has 1 saturated carbocycles. The van der Waals surface area contributed by atoms with Crippen molar-refractivity contribution in [1.29, 1.82) is 0 Å². The summed E-state index contributed by atoms with van der Waals surface area (Å²) in [6.45, 7) is 5.59. The van der Waals surface area contributed by atoms with Gasteiger partial charge in [0, 0.05) is 0 Å². The van der Waals surface area contributed by atoms with Crippen LogP contribution in [0.15, 0.2) is 0 Å². The van der Waals surface area contributed by atoms with E-state index in [1.807, 2.05) is 0 Å². The zero-order valence-electron chi connectivity index (χ0n) is 8.55. The smallest absolute Gasteiger partial charge is 0.00488 e. The minimum Gasteiger partial charge on any atom is -0.330 e. The van der Waals surface area contributed by atoms with Gasteiger partial charge in [0.1, 0.15) is 0 Å². The van der Waals surface area contributed by atoms with Crippen molar-refractivity contribution in [3.8, 4) is 0 Å². The van der Waals surface area contributed by atoms with Crippen LogP contribution in [-0.4, -0.2) is 6.54 Å². The fourth-order valence-corrected chi connectivity index (χ4v) is 2.54. The van der Waals surface area contributed by atoms with E-state index in [1.54, 1.807) is 0 Å². The molecule has 12 heavy (non-hydrogen) atoms. The van der Waals surface area contributed by atoms with Crippen molar-refractivity contribution in [2.45, 2.75) is 46.0 Å². The van der Waals surface area contributed by atoms with Crippen molar-refractivity contribution in [2.24, 2.45) is 23.5 Å². The summed E-state index contributed by atoms with van der Waals surface area (Å²) < 4.78 is 0. The Kier molecular flexibility index (Phi) is 4.07. The van der Waals surface area contributed by atoms with Gasteiger partial charge in [0.2, 0.25) is 0 Å². The molecule has 1 heteroatoms. The molecule has 0 aliphatic heterocycles. The second-order valence-corrected chi connectivity index (χ2v) is 4.49. The highest BCUT2D eigenvalue weighted by molar-refractivity contribution is 4.75. The Morgan fingerprint density at radius 2 is 1.92 bits per heavy atom. The number of hydrogen-bond donors (Lipinski definition) is 1. The van der Waals surface area contributed by atoms with Gasteiger partial charge in [0.05, 0.1) is 0 Å². The first-order chi connectivity index (χ1) is 5.75. The van der Waals surface area contributed by atoms with E-state index in [9.17, 15) is 0 Å². The van der Waals surface area contributed by atoms with E-state index < -0.39 is 0 Å². The molecule has 1 nitrogen and oxygen atoms in total. The molecule has 0 amide bonds. The van der Waals surface area contributed by atoms with E-state index >= 15 is 0 Å². The van der Waals surface area contributed by atoms with Gasteiger partial charge in [-0.15, -0.1) is 0 Å². The molecular formula is C11H23N. The third kappa shape index (κ3) is 2.48. The van der Waals surface area contributed by atoms with Crippen molar-refractivity contribution in [2.75, 3.05) is 6.54 Å². The Hall–Kier alpha value is -0.0400. The highest BCUT2D eigenvalue weighted by atomic mass is 14.6. The topological polar surface area (TPSA) is 26.0 Å². The standard InChI is InChI=1S/C11H23N/c1-9-6-4-3-5-7-11(9)10(2)8-12/h9-11H,3-8,12H2,1-2H3. The van der Waals surface area contributed by atoms with Crippen LogP contribution in [0.3, 0.4) is 0 Å². The van der Waals surface area contributed by atoms with E-state index in [1.165, 1.54) is 32.1 Å². The van der Waals surface area contributed by atoms with Gasteiger partial charge in [-0.05, 0) is 30.7 Å². The van der Waals surface area contributed by atoms with Crippen LogP contribution in [0, 0.1) is 17.8 Å². The van der Waals surface area contributed by atoms with Gasteiger partial charge in [-0.2, -0.15) is 0 Å². The van der Waals surface area contributed by atoms with Crippen LogP contribution < -0.4 is 5.73 Å². The summed E-state index contributed by atoms with van der Waals surface area (Å²) >= 11 is 0. The molecule has 1 aliphatic carbocycles. The summed E-state index contributed by atoms with van der Waals surface area (Å²) in [5.74, 6) is 2.54. The van der Waals surface area contributed by atoms with Crippen LogP contribution in [0.1, 0.15) is 46.0 Å². The molecule has 0 aromatic carbocycles. The van der Waals surface area contributed by atoms with Crippen molar-refractivity contribution in [1.82, 2.24) is 0 Å². The molecule has 3 atom stereocenters. The molecular weight excluding hydrogens is 146 g/mol. The van der Waals surface area contributed by atoms with E-state index in [0.29, 0.717) is 0 Å². The first-order valence-electron chi connectivity index (χ1n) is 5.45. The highest BCUT2D eigenvalue weighted by Gasteiger charge is 2.23. The van der Waals surface area contributed by atoms with Crippen LogP contribution in [0.4, 0.5) is 0 Å². The maximum absolute atomic E-state index is 5.72. The normalized spacial score (nSPS) is 34.2. The lowest BCUT2D eigenvalue weighted by atomic mass is 9.80. The number of rotatable bonds is 2. The Balaban J connectivity index is 2.46. The van der Waals surface area contributed by atoms with Crippen LogP contribution in [-0.2, 0) is 0 Å². The van der Waals surface area contributed by atoms with E-state index in [2.05, 4.69) is 13.8 Å². The first-order valence-corrected chi connectivity index (χ1v) is 5.45. The predicted molar refractivity (Wildman–Crippen MR) is 54.0 cm³/mol. The van der Waals surface area contributed by atoms with E-state index in [0.717, 1.165) is 24.3 Å². The van der Waals surface area contributed by atoms with Gasteiger partial charge in [-0.1, -0.05) is 39.5 Å². The third-order valence-corrected chi connectivity index (χ3v) is 3.53. The quantitative estimate of drug-likeness (QED) is 0.632. The summed E-state index contributed by atoms with van der Waals surface area (Å²) in [5.41, 5.74) is 5.72. The van der Waals surface area contributed by atoms with Gasteiger partial charge in [-0.25, -0.2) is 0 Å². The molecule has 3 unspecified atom stereocenters. The van der Waals surface area contributed by atoms with Crippen LogP contribution in [0.25, 0.3) is 0 Å². The Bertz CT molecular complexity index is 122. The average Bonchev–Trinajstić information content (AvgIpc) is 2.28. The summed E-state index contributed by atoms with van der Waals surface area (Å²) in [7, 11) is 0. The predicted octanol–water partition coefficient (Wildman–Crippen LogP) is 2.80. The lowest BCUT2D eigenvalue weighted by molar-refractivity contribution is 0.245. The molecule has 0 saturated heterocycles. The highest BCUT2D eigenvalue weighted by Crippen LogP contribution is 2.33. The van der Waals surface area contributed by atoms with Gasteiger partial charge in [0.15, 0.2) is 0 Å². The summed E-state index contributed by atoms with van der Waals surface area (Å²) in [6, 6.07) is 0. The summed E-state index contributed by atoms with van der Waals surface area (Å²) in [5, 5.41) is 0. The second kappa shape index (κ2) is 4.86. The molecule has 72 valence electrons. The zero-order valence-corrected chi connectivity index (χ0v) is 8.55. The Morgan fingerprint density at radius 3 is 2.58 bits per heavy atom. The fourth-order valence-electron chi connectivity index (χ4n) is 2.54. The fraction of sp³-hybridized carbons (Fsp3) is 1.00. The van der Waals surface area contributed by atoms with E-state index in [-0.39, 0.29) is 0 Å². The molecule has 2 N–H and O–H groups in total. The molecule has 1 aliphatic rings. The maximum atomic E-state index is 5.72. The maximum Gasteiger partial charge on any atom is -0.00488 e. The zero-order chi connectivity index (χ0) is 8.97. The number of hydrogen-bond acceptors (Lipinski definition) is 1. The van der Waals surface area contributed by atoms with Gasteiger partial charge >= 0.3 is 0 Å². The largest absolute Gasteiger partial charge is 0.330 e. The number of nitrogens with two attached hydrogens (primary N) is 1. The Labute approximate surface area is 76.7 Å². The lowest BCUT2D eigenvalue weighted by Crippen LogP contribution is -2.25. The Morgan fingerprint density at radius 1 is 1.25 bits per heavy atom. The van der Waals surface area contributed by atoms with Gasteiger partial charge in [0.25, 0.3) is 0 Å². The molecule has 1 fully saturated rings. The van der Waals surface area contributed by atoms with Crippen LogP contribution in [0.5, 0.6) is 0 Å². The second-order valence-electron chi connectivity index (χ2n) is 4.49. The van der Waals surface area contributed by atoms with Gasteiger partial charge < -0.3 is 5.73 Å². The summed E-state index contributed by atoms with van der Waals surface area (Å²) in [4.78, 5) is 0. The lowest BCUT2D eigenvalue weighted by Gasteiger charge is -2.26. The van der Waals surface area contributed by atoms with E-state index in [4.69, 9.17) is 5.73 Å². The monoisotopic (exact) mass is 169 g/mol. The van der Waals surface area contributed by atoms with Crippen molar-refractivity contribution >= 4 is 0 Å². The minimum atomic E-state index is 0.734. The van der Waals surface area contributed by atoms with Crippen LogP contribution >= 0.6 is 0 Å². The van der Waals surface area contributed by atoms with Crippen molar-refractivity contribution in [3.63, 3.8) is 0 Å². The van der Waals surface area contributed by atoms with Crippen molar-refractivity contribution < 1.29 is 0 Å². The van der Waals surface area contributed by atoms with Crippen LogP contribution in [0.2, 0.25) is 0 Å². The molecule has 0 aromatic heterocycles. The SMILES string of the molecule is CC(CN)C1CCCCCC1C. The third-order valence-electron chi connectivity index (χ3n) is 3.53. The first kappa shape index (κ1) is 10.0. The molecule has 0 spiro atoms. The molecule has 1 rings (SSSR count). The minimum absolute atomic E-state index is 0.734. The van der Waals surface area contributed by atoms with Crippen molar-refractivity contribution in [3.05, 3.63) is 0 Å². The van der Waals surface area contributed by atoms with Gasteiger partial charge in [-0.3, -0.25) is 0 Å². The molecule has 0 radical (unpaired) electrons. The molecule has 0 aromatic rings. The summed E-state index contributed by atoms with van der Waals surface area (Å²) in [6.07, 6.45) is 7.15. The average molecular weight is 169 g/mol. The molecule has 0 heterocycles. The molecule has 0 bridgehead atoms.